The van der Waals surface area contributed by atoms with Crippen molar-refractivity contribution in [1.82, 2.24) is 5.32 Å². The highest BCUT2D eigenvalue weighted by Gasteiger charge is 2.26. The van der Waals surface area contributed by atoms with Crippen LogP contribution in [0.3, 0.4) is 0 Å². The number of amides is 1. The second kappa shape index (κ2) is 50.0. The first-order valence-electron chi connectivity index (χ1n) is 27.3. The first-order chi connectivity index (χ1) is 29.1. The van der Waals surface area contributed by atoms with E-state index in [1.54, 1.807) is 0 Å². The van der Waals surface area contributed by atoms with Gasteiger partial charge in [0.2, 0.25) is 5.91 Å². The Morgan fingerprint density at radius 2 is 0.576 bits per heavy atom. The molecular weight excluding hydrogens is 727 g/mol. The highest BCUT2D eigenvalue weighted by Crippen LogP contribution is 2.18. The average molecular weight is 836 g/mol. The van der Waals surface area contributed by atoms with E-state index in [0.717, 1.165) is 32.1 Å². The summed E-state index contributed by atoms with van der Waals surface area (Å²) in [5, 5.41) is 33.6. The smallest absolute Gasteiger partial charge is 0.220 e. The van der Waals surface area contributed by atoms with Crippen LogP contribution in [-0.2, 0) is 4.79 Å². The maximum absolute atomic E-state index is 12.5. The largest absolute Gasteiger partial charge is 0.394 e. The van der Waals surface area contributed by atoms with Crippen molar-refractivity contribution >= 4 is 5.91 Å². The van der Waals surface area contributed by atoms with Crippen LogP contribution in [0.15, 0.2) is 0 Å². The molecular formula is C54H109NO4. The quantitative estimate of drug-likeness (QED) is 0.0460. The standard InChI is InChI=1S/C54H109NO4/c1-3-5-7-9-11-13-15-17-18-19-20-21-22-23-24-25-26-27-28-29-30-31-32-33-34-35-37-39-41-43-45-47-49-53(58)55-51(50-56)54(59)52(57)48-46-44-42-40-38-36-16-14-12-10-8-6-4-2/h51-52,54,56-57,59H,3-50H2,1-2H3,(H,55,58)/t51-,52+,54-/m0/s1. The lowest BCUT2D eigenvalue weighted by Crippen LogP contribution is -2.50. The summed E-state index contributed by atoms with van der Waals surface area (Å²) < 4.78 is 0. The molecule has 59 heavy (non-hydrogen) atoms. The number of carbonyl (C=O) groups excluding carboxylic acids is 1. The van der Waals surface area contributed by atoms with Crippen LogP contribution in [-0.4, -0.2) is 46.1 Å². The number of unbranched alkanes of at least 4 members (excludes halogenated alkanes) is 43. The molecule has 0 aliphatic rings. The first kappa shape index (κ1) is 58.4. The van der Waals surface area contributed by atoms with Crippen molar-refractivity contribution in [2.75, 3.05) is 6.61 Å². The summed E-state index contributed by atoms with van der Waals surface area (Å²) in [5.74, 6) is -0.137. The van der Waals surface area contributed by atoms with Crippen molar-refractivity contribution in [3.05, 3.63) is 0 Å². The van der Waals surface area contributed by atoms with Gasteiger partial charge in [-0.2, -0.15) is 0 Å². The van der Waals surface area contributed by atoms with Crippen molar-refractivity contribution in [3.63, 3.8) is 0 Å². The fourth-order valence-corrected chi connectivity index (χ4v) is 8.99. The number of aliphatic hydroxyl groups excluding tert-OH is 3. The second-order valence-corrected chi connectivity index (χ2v) is 19.2. The van der Waals surface area contributed by atoms with Crippen LogP contribution in [0.2, 0.25) is 0 Å². The fourth-order valence-electron chi connectivity index (χ4n) is 8.99. The van der Waals surface area contributed by atoms with Crippen molar-refractivity contribution in [2.45, 2.75) is 334 Å². The van der Waals surface area contributed by atoms with Gasteiger partial charge in [0.15, 0.2) is 0 Å². The molecule has 0 bridgehead atoms. The van der Waals surface area contributed by atoms with Crippen molar-refractivity contribution < 1.29 is 20.1 Å². The topological polar surface area (TPSA) is 89.8 Å². The summed E-state index contributed by atoms with van der Waals surface area (Å²) >= 11 is 0. The van der Waals surface area contributed by atoms with E-state index in [1.807, 2.05) is 0 Å². The van der Waals surface area contributed by atoms with E-state index in [4.69, 9.17) is 0 Å². The molecule has 0 aliphatic carbocycles. The molecule has 0 saturated carbocycles. The molecule has 0 rings (SSSR count). The van der Waals surface area contributed by atoms with Crippen LogP contribution >= 0.6 is 0 Å². The van der Waals surface area contributed by atoms with Gasteiger partial charge in [0.25, 0.3) is 0 Å². The van der Waals surface area contributed by atoms with Crippen molar-refractivity contribution in [1.29, 1.82) is 0 Å². The third kappa shape index (κ3) is 45.2. The molecule has 4 N–H and O–H groups in total. The van der Waals surface area contributed by atoms with Crippen molar-refractivity contribution in [2.24, 2.45) is 0 Å². The van der Waals surface area contributed by atoms with Crippen LogP contribution in [0.25, 0.3) is 0 Å². The predicted octanol–water partition coefficient (Wildman–Crippen LogP) is 16.6. The summed E-state index contributed by atoms with van der Waals surface area (Å²) in [6.45, 7) is 4.21. The van der Waals surface area contributed by atoms with Crippen LogP contribution in [0, 0.1) is 0 Å². The molecule has 0 radical (unpaired) electrons. The lowest BCUT2D eigenvalue weighted by molar-refractivity contribution is -0.124. The van der Waals surface area contributed by atoms with Gasteiger partial charge in [-0.1, -0.05) is 296 Å². The van der Waals surface area contributed by atoms with Gasteiger partial charge in [0, 0.05) is 6.42 Å². The van der Waals surface area contributed by atoms with Crippen molar-refractivity contribution in [3.8, 4) is 0 Å². The number of nitrogens with one attached hydrogen (secondary N) is 1. The van der Waals surface area contributed by atoms with Crippen LogP contribution in [0.1, 0.15) is 316 Å². The Labute approximate surface area is 370 Å². The third-order valence-corrected chi connectivity index (χ3v) is 13.2. The van der Waals surface area contributed by atoms with E-state index < -0.39 is 18.2 Å². The van der Waals surface area contributed by atoms with Gasteiger partial charge < -0.3 is 20.6 Å². The molecule has 0 unspecified atom stereocenters. The minimum Gasteiger partial charge on any atom is -0.394 e. The summed E-state index contributed by atoms with van der Waals surface area (Å²) in [6.07, 6.45) is 59.8. The molecule has 0 heterocycles. The number of aliphatic hydroxyl groups is 3. The van der Waals surface area contributed by atoms with E-state index in [2.05, 4.69) is 19.2 Å². The Balaban J connectivity index is 3.43. The van der Waals surface area contributed by atoms with E-state index in [9.17, 15) is 20.1 Å². The number of carbonyl (C=O) groups is 1. The highest BCUT2D eigenvalue weighted by molar-refractivity contribution is 5.76. The lowest BCUT2D eigenvalue weighted by Gasteiger charge is -2.26. The minimum absolute atomic E-state index is 0.137. The summed E-state index contributed by atoms with van der Waals surface area (Å²) in [6, 6.07) is -0.803. The zero-order valence-electron chi connectivity index (χ0n) is 40.4. The maximum atomic E-state index is 12.5. The lowest BCUT2D eigenvalue weighted by atomic mass is 9.99. The monoisotopic (exact) mass is 836 g/mol. The molecule has 3 atom stereocenters. The Hall–Kier alpha value is -0.650. The zero-order chi connectivity index (χ0) is 43.0. The van der Waals surface area contributed by atoms with Crippen LogP contribution in [0.5, 0.6) is 0 Å². The summed E-state index contributed by atoms with van der Waals surface area (Å²) in [5.41, 5.74) is 0. The van der Waals surface area contributed by atoms with Gasteiger partial charge in [0.1, 0.15) is 6.10 Å². The average Bonchev–Trinajstić information content (AvgIpc) is 3.24. The van der Waals surface area contributed by atoms with Gasteiger partial charge in [-0.15, -0.1) is 0 Å². The first-order valence-corrected chi connectivity index (χ1v) is 27.3. The second-order valence-electron chi connectivity index (χ2n) is 19.2. The normalized spacial score (nSPS) is 13.2. The molecule has 0 saturated heterocycles. The van der Waals surface area contributed by atoms with Gasteiger partial charge >= 0.3 is 0 Å². The molecule has 1 amide bonds. The molecule has 354 valence electrons. The van der Waals surface area contributed by atoms with Gasteiger partial charge in [-0.05, 0) is 12.8 Å². The number of hydrogen-bond donors (Lipinski definition) is 4. The Bertz CT molecular complexity index is 792. The van der Waals surface area contributed by atoms with Gasteiger partial charge in [0.05, 0.1) is 18.8 Å². The zero-order valence-corrected chi connectivity index (χ0v) is 40.4. The minimum atomic E-state index is -1.13. The maximum Gasteiger partial charge on any atom is 0.220 e. The molecule has 0 aromatic carbocycles. The summed E-state index contributed by atoms with van der Waals surface area (Å²) in [4.78, 5) is 12.5. The number of rotatable bonds is 51. The Kier molecular flexibility index (Phi) is 49.4. The summed E-state index contributed by atoms with van der Waals surface area (Å²) in [7, 11) is 0. The molecule has 0 fully saturated rings. The van der Waals surface area contributed by atoms with Gasteiger partial charge in [-0.3, -0.25) is 4.79 Å². The van der Waals surface area contributed by atoms with E-state index in [0.29, 0.717) is 12.8 Å². The van der Waals surface area contributed by atoms with E-state index >= 15 is 0 Å². The highest BCUT2D eigenvalue weighted by atomic mass is 16.3. The molecule has 0 aliphatic heterocycles. The fraction of sp³-hybridized carbons (Fsp3) is 0.981. The molecule has 0 spiro atoms. The predicted molar refractivity (Wildman–Crippen MR) is 259 cm³/mol. The molecule has 0 aromatic heterocycles. The molecule has 5 nitrogen and oxygen atoms in total. The Morgan fingerprint density at radius 1 is 0.356 bits per heavy atom. The van der Waals surface area contributed by atoms with E-state index in [1.165, 1.54) is 257 Å². The molecule has 0 aromatic rings. The van der Waals surface area contributed by atoms with E-state index in [-0.39, 0.29) is 12.5 Å². The Morgan fingerprint density at radius 3 is 0.814 bits per heavy atom. The number of hydrogen-bond acceptors (Lipinski definition) is 4. The van der Waals surface area contributed by atoms with Crippen LogP contribution in [0.4, 0.5) is 0 Å². The third-order valence-electron chi connectivity index (χ3n) is 13.2. The van der Waals surface area contributed by atoms with Gasteiger partial charge in [-0.25, -0.2) is 0 Å². The molecule has 5 heteroatoms. The van der Waals surface area contributed by atoms with Crippen LogP contribution < -0.4 is 5.32 Å². The SMILES string of the molecule is CCCCCCCCCCCCCCCCCCCCCCCCCCCCCCCCCCC(=O)N[C@@H](CO)[C@H](O)[C@H](O)CCCCCCCCCCCCCCC.